The lowest BCUT2D eigenvalue weighted by molar-refractivity contribution is 0.382. The minimum absolute atomic E-state index is 0.0317. The normalized spacial score (nSPS) is 11.7. The Balaban J connectivity index is 2.20. The summed E-state index contributed by atoms with van der Waals surface area (Å²) in [6.07, 6.45) is 1.73. The van der Waals surface area contributed by atoms with Crippen LogP contribution in [0.5, 0.6) is 5.75 Å². The summed E-state index contributed by atoms with van der Waals surface area (Å²) in [5, 5.41) is 3.35. The van der Waals surface area contributed by atoms with Crippen LogP contribution in [-0.4, -0.2) is 17.6 Å². The zero-order valence-corrected chi connectivity index (χ0v) is 13.7. The molecule has 0 atom stereocenters. The fourth-order valence-electron chi connectivity index (χ4n) is 1.73. The molecule has 2 rings (SSSR count). The summed E-state index contributed by atoms with van der Waals surface area (Å²) in [5.74, 6) is 2.13. The molecule has 0 amide bonds. The number of rotatable bonds is 4. The van der Waals surface area contributed by atoms with Crippen molar-refractivity contribution in [2.24, 2.45) is 0 Å². The van der Waals surface area contributed by atoms with Crippen molar-refractivity contribution in [3.8, 4) is 17.1 Å². The van der Waals surface area contributed by atoms with Gasteiger partial charge in [0, 0.05) is 10.0 Å². The zero-order valence-electron chi connectivity index (χ0n) is 12.2. The van der Waals surface area contributed by atoms with Crippen LogP contribution in [0.1, 0.15) is 26.7 Å². The van der Waals surface area contributed by atoms with Crippen molar-refractivity contribution in [1.82, 2.24) is 10.3 Å². The van der Waals surface area contributed by atoms with E-state index in [1.54, 1.807) is 13.3 Å². The molecule has 0 unspecified atom stereocenters. The molecule has 1 aromatic carbocycles. The third kappa shape index (κ3) is 3.84. The number of ether oxygens (including phenoxy) is 1. The van der Waals surface area contributed by atoms with Crippen LogP contribution >= 0.6 is 15.9 Å². The third-order valence-electron chi connectivity index (χ3n) is 2.75. The smallest absolute Gasteiger partial charge is 0.208 e. The molecule has 0 bridgehead atoms. The molecule has 1 N–H and O–H groups in total. The van der Waals surface area contributed by atoms with Crippen LogP contribution < -0.4 is 10.1 Å². The number of benzene rings is 1. The van der Waals surface area contributed by atoms with Gasteiger partial charge in [-0.1, -0.05) is 15.9 Å². The van der Waals surface area contributed by atoms with E-state index >= 15 is 0 Å². The largest absolute Gasteiger partial charge is 0.496 e. The molecule has 108 valence electrons. The van der Waals surface area contributed by atoms with Gasteiger partial charge in [-0.05, 0) is 39.0 Å². The molecule has 1 heterocycles. The Labute approximate surface area is 127 Å². The number of hydrogen-bond acceptors (Lipinski definition) is 4. The number of hydrogen-bond donors (Lipinski definition) is 1. The first-order valence-electron chi connectivity index (χ1n) is 6.43. The van der Waals surface area contributed by atoms with E-state index in [1.165, 1.54) is 0 Å². The van der Waals surface area contributed by atoms with Crippen molar-refractivity contribution in [2.75, 3.05) is 7.11 Å². The van der Waals surface area contributed by atoms with E-state index < -0.39 is 0 Å². The Bertz CT molecular complexity index is 588. The number of oxazole rings is 1. The molecule has 1 aromatic heterocycles. The summed E-state index contributed by atoms with van der Waals surface area (Å²) in [4.78, 5) is 4.30. The molecule has 0 aliphatic heterocycles. The highest BCUT2D eigenvalue weighted by Crippen LogP contribution is 2.32. The Morgan fingerprint density at radius 2 is 2.10 bits per heavy atom. The molecule has 0 spiro atoms. The predicted octanol–water partition coefficient (Wildman–Crippen LogP) is 4.00. The van der Waals surface area contributed by atoms with Crippen LogP contribution in [0, 0.1) is 0 Å². The van der Waals surface area contributed by atoms with E-state index in [2.05, 4.69) is 47.0 Å². The summed E-state index contributed by atoms with van der Waals surface area (Å²) in [6.45, 7) is 6.92. The SMILES string of the molecule is COc1cc(Br)ccc1-c1cnc(CNC(C)(C)C)o1. The Morgan fingerprint density at radius 3 is 2.75 bits per heavy atom. The number of methoxy groups -OCH3 is 1. The van der Waals surface area contributed by atoms with Crippen LogP contribution in [0.3, 0.4) is 0 Å². The van der Waals surface area contributed by atoms with Gasteiger partial charge < -0.3 is 14.5 Å². The third-order valence-corrected chi connectivity index (χ3v) is 3.25. The second-order valence-electron chi connectivity index (χ2n) is 5.57. The van der Waals surface area contributed by atoms with Gasteiger partial charge in [0.15, 0.2) is 5.76 Å². The molecule has 5 heteroatoms. The molecule has 2 aromatic rings. The lowest BCUT2D eigenvalue weighted by Crippen LogP contribution is -2.35. The Morgan fingerprint density at radius 1 is 1.35 bits per heavy atom. The average molecular weight is 339 g/mol. The summed E-state index contributed by atoms with van der Waals surface area (Å²) in [7, 11) is 1.64. The van der Waals surface area contributed by atoms with E-state index in [4.69, 9.17) is 9.15 Å². The second kappa shape index (κ2) is 5.97. The lowest BCUT2D eigenvalue weighted by Gasteiger charge is -2.18. The average Bonchev–Trinajstić information content (AvgIpc) is 2.84. The van der Waals surface area contributed by atoms with E-state index in [0.717, 1.165) is 15.8 Å². The highest BCUT2D eigenvalue weighted by atomic mass is 79.9. The molecule has 20 heavy (non-hydrogen) atoms. The standard InChI is InChI=1S/C15H19BrN2O2/c1-15(2,3)18-9-14-17-8-13(20-14)11-6-5-10(16)7-12(11)19-4/h5-8,18H,9H2,1-4H3. The van der Waals surface area contributed by atoms with Crippen molar-refractivity contribution in [3.63, 3.8) is 0 Å². The van der Waals surface area contributed by atoms with Crippen LogP contribution in [-0.2, 0) is 6.54 Å². The molecular formula is C15H19BrN2O2. The maximum Gasteiger partial charge on any atom is 0.208 e. The van der Waals surface area contributed by atoms with Gasteiger partial charge in [0.2, 0.25) is 5.89 Å². The fourth-order valence-corrected chi connectivity index (χ4v) is 2.07. The first kappa shape index (κ1) is 15.1. The summed E-state index contributed by atoms with van der Waals surface area (Å²) < 4.78 is 12.1. The maximum atomic E-state index is 5.78. The summed E-state index contributed by atoms with van der Waals surface area (Å²) in [5.41, 5.74) is 0.925. The van der Waals surface area contributed by atoms with Crippen molar-refractivity contribution < 1.29 is 9.15 Å². The first-order valence-corrected chi connectivity index (χ1v) is 7.22. The molecular weight excluding hydrogens is 320 g/mol. The summed E-state index contributed by atoms with van der Waals surface area (Å²) in [6, 6.07) is 5.81. The van der Waals surface area contributed by atoms with Gasteiger partial charge in [0.25, 0.3) is 0 Å². The van der Waals surface area contributed by atoms with Gasteiger partial charge in [-0.15, -0.1) is 0 Å². The van der Waals surface area contributed by atoms with Crippen LogP contribution in [0.25, 0.3) is 11.3 Å². The van der Waals surface area contributed by atoms with Crippen molar-refractivity contribution >= 4 is 15.9 Å². The van der Waals surface area contributed by atoms with Crippen LogP contribution in [0.15, 0.2) is 33.3 Å². The molecule has 0 radical (unpaired) electrons. The first-order chi connectivity index (χ1) is 9.39. The van der Waals surface area contributed by atoms with Crippen molar-refractivity contribution in [3.05, 3.63) is 34.8 Å². The quantitative estimate of drug-likeness (QED) is 0.915. The molecule has 0 aliphatic carbocycles. The summed E-state index contributed by atoms with van der Waals surface area (Å²) >= 11 is 3.43. The maximum absolute atomic E-state index is 5.78. The van der Waals surface area contributed by atoms with E-state index in [9.17, 15) is 0 Å². The van der Waals surface area contributed by atoms with E-state index in [1.807, 2.05) is 18.2 Å². The Hall–Kier alpha value is -1.33. The number of aromatic nitrogens is 1. The molecule has 0 saturated carbocycles. The molecule has 0 fully saturated rings. The minimum Gasteiger partial charge on any atom is -0.496 e. The van der Waals surface area contributed by atoms with Gasteiger partial charge in [0.05, 0.1) is 25.4 Å². The number of nitrogens with one attached hydrogen (secondary N) is 1. The topological polar surface area (TPSA) is 47.3 Å². The van der Waals surface area contributed by atoms with Crippen molar-refractivity contribution in [1.29, 1.82) is 0 Å². The minimum atomic E-state index is 0.0317. The van der Waals surface area contributed by atoms with Crippen molar-refractivity contribution in [2.45, 2.75) is 32.9 Å². The Kier molecular flexibility index (Phi) is 4.50. The number of nitrogens with zero attached hydrogens (tertiary/aromatic N) is 1. The fraction of sp³-hybridized carbons (Fsp3) is 0.400. The van der Waals surface area contributed by atoms with Gasteiger partial charge >= 0.3 is 0 Å². The lowest BCUT2D eigenvalue weighted by atomic mass is 10.1. The van der Waals surface area contributed by atoms with Gasteiger partial charge in [0.1, 0.15) is 5.75 Å². The van der Waals surface area contributed by atoms with Gasteiger partial charge in [-0.3, -0.25) is 0 Å². The monoisotopic (exact) mass is 338 g/mol. The number of halogens is 1. The predicted molar refractivity (Wildman–Crippen MR) is 82.8 cm³/mol. The zero-order chi connectivity index (χ0) is 14.8. The second-order valence-corrected chi connectivity index (χ2v) is 6.48. The van der Waals surface area contributed by atoms with Gasteiger partial charge in [-0.2, -0.15) is 0 Å². The van der Waals surface area contributed by atoms with Crippen LogP contribution in [0.2, 0.25) is 0 Å². The molecule has 4 nitrogen and oxygen atoms in total. The molecule has 0 saturated heterocycles. The highest BCUT2D eigenvalue weighted by molar-refractivity contribution is 9.10. The van der Waals surface area contributed by atoms with E-state index in [0.29, 0.717) is 18.2 Å². The van der Waals surface area contributed by atoms with Gasteiger partial charge in [-0.25, -0.2) is 4.98 Å². The van der Waals surface area contributed by atoms with Crippen LogP contribution in [0.4, 0.5) is 0 Å². The molecule has 0 aliphatic rings. The highest BCUT2D eigenvalue weighted by Gasteiger charge is 2.14. The van der Waals surface area contributed by atoms with E-state index in [-0.39, 0.29) is 5.54 Å².